The third kappa shape index (κ3) is 6.42. The molecular formula is C9H18N2O3. The Balaban J connectivity index is 3.67. The lowest BCUT2D eigenvalue weighted by Gasteiger charge is -2.13. The molecule has 0 saturated heterocycles. The van der Waals surface area contributed by atoms with Gasteiger partial charge in [-0.15, -0.1) is 0 Å². The first-order chi connectivity index (χ1) is 6.43. The van der Waals surface area contributed by atoms with Gasteiger partial charge in [-0.1, -0.05) is 13.8 Å². The predicted molar refractivity (Wildman–Crippen MR) is 52.7 cm³/mol. The Morgan fingerprint density at radius 2 is 2.00 bits per heavy atom. The summed E-state index contributed by atoms with van der Waals surface area (Å²) >= 11 is 0. The quantitative estimate of drug-likeness (QED) is 0.563. The maximum atomic E-state index is 11.2. The van der Waals surface area contributed by atoms with Gasteiger partial charge in [-0.3, -0.25) is 9.59 Å². The monoisotopic (exact) mass is 202 g/mol. The largest absolute Gasteiger partial charge is 0.481 e. The minimum atomic E-state index is -0.928. The molecule has 82 valence electrons. The fraction of sp³-hybridized carbons (Fsp3) is 0.778. The van der Waals surface area contributed by atoms with Crippen molar-refractivity contribution < 1.29 is 14.7 Å². The second-order valence-electron chi connectivity index (χ2n) is 3.67. The van der Waals surface area contributed by atoms with Crippen molar-refractivity contribution >= 4 is 11.9 Å². The summed E-state index contributed by atoms with van der Waals surface area (Å²) in [5.41, 5.74) is 5.58. The molecule has 0 rings (SSSR count). The molecule has 0 saturated carbocycles. The van der Waals surface area contributed by atoms with Gasteiger partial charge in [-0.25, -0.2) is 0 Å². The van der Waals surface area contributed by atoms with Gasteiger partial charge in [0.05, 0.1) is 12.5 Å². The SMILES string of the molecule is CC(C)C[C@@H](N)C(=O)NCCC(=O)O. The molecule has 0 aliphatic carbocycles. The van der Waals surface area contributed by atoms with Crippen LogP contribution in [0.15, 0.2) is 0 Å². The van der Waals surface area contributed by atoms with E-state index in [-0.39, 0.29) is 18.9 Å². The van der Waals surface area contributed by atoms with Crippen LogP contribution in [-0.4, -0.2) is 29.6 Å². The normalized spacial score (nSPS) is 12.6. The van der Waals surface area contributed by atoms with Crippen LogP contribution in [0.1, 0.15) is 26.7 Å². The average Bonchev–Trinajstić information content (AvgIpc) is 2.01. The van der Waals surface area contributed by atoms with Gasteiger partial charge in [0.2, 0.25) is 5.91 Å². The van der Waals surface area contributed by atoms with Crippen LogP contribution in [0.2, 0.25) is 0 Å². The van der Waals surface area contributed by atoms with E-state index in [1.165, 1.54) is 0 Å². The van der Waals surface area contributed by atoms with Crippen molar-refractivity contribution in [1.29, 1.82) is 0 Å². The summed E-state index contributed by atoms with van der Waals surface area (Å²) < 4.78 is 0. The minimum absolute atomic E-state index is 0.0693. The number of nitrogens with one attached hydrogen (secondary N) is 1. The maximum absolute atomic E-state index is 11.2. The summed E-state index contributed by atoms with van der Waals surface area (Å²) in [4.78, 5) is 21.4. The van der Waals surface area contributed by atoms with E-state index in [1.54, 1.807) is 0 Å². The van der Waals surface area contributed by atoms with E-state index in [9.17, 15) is 9.59 Å². The molecule has 1 amide bonds. The van der Waals surface area contributed by atoms with Crippen LogP contribution >= 0.6 is 0 Å². The summed E-state index contributed by atoms with van der Waals surface area (Å²) in [6.07, 6.45) is 0.541. The van der Waals surface area contributed by atoms with Crippen LogP contribution < -0.4 is 11.1 Å². The molecule has 14 heavy (non-hydrogen) atoms. The molecule has 0 aliphatic rings. The summed E-state index contributed by atoms with van der Waals surface area (Å²) in [5.74, 6) is -0.849. The summed E-state index contributed by atoms with van der Waals surface area (Å²) in [7, 11) is 0. The molecule has 0 radical (unpaired) electrons. The van der Waals surface area contributed by atoms with Crippen molar-refractivity contribution in [3.05, 3.63) is 0 Å². The Morgan fingerprint density at radius 3 is 2.43 bits per heavy atom. The van der Waals surface area contributed by atoms with Crippen LogP contribution in [0.25, 0.3) is 0 Å². The van der Waals surface area contributed by atoms with Gasteiger partial charge in [0.15, 0.2) is 0 Å². The van der Waals surface area contributed by atoms with Gasteiger partial charge in [0, 0.05) is 6.54 Å². The fourth-order valence-corrected chi connectivity index (χ4v) is 1.04. The van der Waals surface area contributed by atoms with Crippen molar-refractivity contribution in [2.75, 3.05) is 6.54 Å². The van der Waals surface area contributed by atoms with Crippen molar-refractivity contribution in [1.82, 2.24) is 5.32 Å². The lowest BCUT2D eigenvalue weighted by molar-refractivity contribution is -0.136. The second-order valence-corrected chi connectivity index (χ2v) is 3.67. The van der Waals surface area contributed by atoms with Gasteiger partial charge >= 0.3 is 5.97 Å². The number of amides is 1. The topological polar surface area (TPSA) is 92.4 Å². The molecule has 1 atom stereocenters. The van der Waals surface area contributed by atoms with Gasteiger partial charge < -0.3 is 16.2 Å². The molecule has 4 N–H and O–H groups in total. The minimum Gasteiger partial charge on any atom is -0.481 e. The number of aliphatic carboxylic acids is 1. The Hall–Kier alpha value is -1.10. The first-order valence-electron chi connectivity index (χ1n) is 4.68. The lowest BCUT2D eigenvalue weighted by atomic mass is 10.0. The zero-order valence-corrected chi connectivity index (χ0v) is 8.62. The van der Waals surface area contributed by atoms with Crippen LogP contribution in [0.5, 0.6) is 0 Å². The van der Waals surface area contributed by atoms with Crippen LogP contribution in [0.4, 0.5) is 0 Å². The molecule has 0 bridgehead atoms. The van der Waals surface area contributed by atoms with Crippen LogP contribution in [0.3, 0.4) is 0 Å². The van der Waals surface area contributed by atoms with E-state index in [1.807, 2.05) is 13.8 Å². The van der Waals surface area contributed by atoms with Gasteiger partial charge in [0.1, 0.15) is 0 Å². The van der Waals surface area contributed by atoms with E-state index in [0.717, 1.165) is 0 Å². The molecular weight excluding hydrogens is 184 g/mol. The molecule has 0 unspecified atom stereocenters. The number of carboxylic acids is 1. The number of rotatable bonds is 6. The summed E-state index contributed by atoms with van der Waals surface area (Å²) in [6.45, 7) is 4.09. The molecule has 0 heterocycles. The number of hydrogen-bond donors (Lipinski definition) is 3. The van der Waals surface area contributed by atoms with E-state index >= 15 is 0 Å². The fourth-order valence-electron chi connectivity index (χ4n) is 1.04. The van der Waals surface area contributed by atoms with Gasteiger partial charge in [-0.05, 0) is 12.3 Å². The highest BCUT2D eigenvalue weighted by molar-refractivity contribution is 5.81. The number of carbonyl (C=O) groups excluding carboxylic acids is 1. The molecule has 0 fully saturated rings. The second kappa shape index (κ2) is 6.37. The number of carboxylic acid groups (broad SMARTS) is 1. The number of carbonyl (C=O) groups is 2. The average molecular weight is 202 g/mol. The van der Waals surface area contributed by atoms with E-state index < -0.39 is 12.0 Å². The smallest absolute Gasteiger partial charge is 0.305 e. The summed E-state index contributed by atoms with van der Waals surface area (Å²) in [6, 6.07) is -0.538. The molecule has 0 aliphatic heterocycles. The standard InChI is InChI=1S/C9H18N2O3/c1-6(2)5-7(10)9(14)11-4-3-8(12)13/h6-7H,3-5,10H2,1-2H3,(H,11,14)(H,12,13)/t7-/m1/s1. The van der Waals surface area contributed by atoms with Gasteiger partial charge in [0.25, 0.3) is 0 Å². The predicted octanol–water partition coefficient (Wildman–Crippen LogP) is -0.0493. The third-order valence-corrected chi connectivity index (χ3v) is 1.70. The van der Waals surface area contributed by atoms with Crippen LogP contribution in [0, 0.1) is 5.92 Å². The third-order valence-electron chi connectivity index (χ3n) is 1.70. The molecule has 0 aromatic carbocycles. The maximum Gasteiger partial charge on any atom is 0.305 e. The molecule has 5 nitrogen and oxygen atoms in total. The lowest BCUT2D eigenvalue weighted by Crippen LogP contribution is -2.42. The number of nitrogens with two attached hydrogens (primary N) is 1. The molecule has 0 aromatic heterocycles. The summed E-state index contributed by atoms with van der Waals surface area (Å²) in [5, 5.41) is 10.8. The van der Waals surface area contributed by atoms with E-state index in [0.29, 0.717) is 12.3 Å². The zero-order chi connectivity index (χ0) is 11.1. The van der Waals surface area contributed by atoms with Crippen molar-refractivity contribution in [3.8, 4) is 0 Å². The first kappa shape index (κ1) is 12.9. The molecule has 0 aromatic rings. The van der Waals surface area contributed by atoms with E-state index in [2.05, 4.69) is 5.32 Å². The van der Waals surface area contributed by atoms with E-state index in [4.69, 9.17) is 10.8 Å². The molecule has 0 spiro atoms. The van der Waals surface area contributed by atoms with Crippen molar-refractivity contribution in [2.45, 2.75) is 32.7 Å². The zero-order valence-electron chi connectivity index (χ0n) is 8.62. The van der Waals surface area contributed by atoms with Crippen molar-refractivity contribution in [3.63, 3.8) is 0 Å². The Kier molecular flexibility index (Phi) is 5.87. The van der Waals surface area contributed by atoms with Crippen molar-refractivity contribution in [2.24, 2.45) is 11.7 Å². The highest BCUT2D eigenvalue weighted by Gasteiger charge is 2.14. The highest BCUT2D eigenvalue weighted by Crippen LogP contribution is 2.02. The first-order valence-corrected chi connectivity index (χ1v) is 4.68. The van der Waals surface area contributed by atoms with Gasteiger partial charge in [-0.2, -0.15) is 0 Å². The Morgan fingerprint density at radius 1 is 1.43 bits per heavy atom. The number of hydrogen-bond acceptors (Lipinski definition) is 3. The van der Waals surface area contributed by atoms with Crippen LogP contribution in [-0.2, 0) is 9.59 Å². The Bertz CT molecular complexity index is 204. The highest BCUT2D eigenvalue weighted by atomic mass is 16.4. The Labute approximate surface area is 83.7 Å². The molecule has 5 heteroatoms.